The van der Waals surface area contributed by atoms with Crippen LogP contribution < -0.4 is 10.1 Å². The van der Waals surface area contributed by atoms with Crippen LogP contribution in [0.15, 0.2) is 36.7 Å². The molecule has 1 heterocycles. The fourth-order valence-electron chi connectivity index (χ4n) is 1.92. The average Bonchev–Trinajstić information content (AvgIpc) is 2.46. The molecule has 0 radical (unpaired) electrons. The van der Waals surface area contributed by atoms with Gasteiger partial charge >= 0.3 is 0 Å². The minimum absolute atomic E-state index is 0.0772. The number of halogens is 2. The Kier molecular flexibility index (Phi) is 5.39. The molecule has 1 aromatic heterocycles. The van der Waals surface area contributed by atoms with Gasteiger partial charge in [-0.15, -0.1) is 0 Å². The van der Waals surface area contributed by atoms with Crippen molar-refractivity contribution in [2.45, 2.75) is 26.3 Å². The normalized spacial score (nSPS) is 12.0. The summed E-state index contributed by atoms with van der Waals surface area (Å²) in [7, 11) is 0. The molecule has 5 heteroatoms. The second-order valence-corrected chi connectivity index (χ2v) is 5.20. The van der Waals surface area contributed by atoms with Crippen LogP contribution in [-0.2, 0) is 0 Å². The minimum atomic E-state index is -0.345. The second-order valence-electron chi connectivity index (χ2n) is 4.80. The number of hydrogen-bond acceptors (Lipinski definition) is 3. The highest BCUT2D eigenvalue weighted by Gasteiger charge is 2.09. The molecule has 1 unspecified atom stereocenters. The minimum Gasteiger partial charge on any atom is -0.492 e. The van der Waals surface area contributed by atoms with E-state index in [1.807, 2.05) is 26.0 Å². The topological polar surface area (TPSA) is 34.1 Å². The molecule has 1 atom stereocenters. The van der Waals surface area contributed by atoms with Gasteiger partial charge in [-0.05, 0) is 43.2 Å². The molecule has 0 fully saturated rings. The SMILES string of the molecule is CCCOc1ccc(NC(C)c2cncc(F)c2)cc1Cl. The van der Waals surface area contributed by atoms with E-state index in [1.165, 1.54) is 12.3 Å². The Morgan fingerprint density at radius 1 is 1.33 bits per heavy atom. The van der Waals surface area contributed by atoms with E-state index in [4.69, 9.17) is 16.3 Å². The summed E-state index contributed by atoms with van der Waals surface area (Å²) in [5.74, 6) is 0.326. The van der Waals surface area contributed by atoms with Crippen molar-refractivity contribution >= 4 is 17.3 Å². The molecule has 0 spiro atoms. The maximum Gasteiger partial charge on any atom is 0.141 e. The van der Waals surface area contributed by atoms with Crippen molar-refractivity contribution in [3.63, 3.8) is 0 Å². The van der Waals surface area contributed by atoms with E-state index in [1.54, 1.807) is 12.3 Å². The standard InChI is InChI=1S/C16H18ClFN2O/c1-3-6-21-16-5-4-14(8-15(16)17)20-11(2)12-7-13(18)10-19-9-12/h4-5,7-11,20H,3,6H2,1-2H3. The average molecular weight is 309 g/mol. The van der Waals surface area contributed by atoms with Gasteiger partial charge in [0.15, 0.2) is 0 Å². The third-order valence-electron chi connectivity index (χ3n) is 3.00. The van der Waals surface area contributed by atoms with E-state index in [9.17, 15) is 4.39 Å². The van der Waals surface area contributed by atoms with Gasteiger partial charge in [-0.1, -0.05) is 18.5 Å². The summed E-state index contributed by atoms with van der Waals surface area (Å²) in [4.78, 5) is 3.85. The third kappa shape index (κ3) is 4.33. The lowest BCUT2D eigenvalue weighted by Crippen LogP contribution is -2.07. The zero-order valence-corrected chi connectivity index (χ0v) is 12.8. The number of nitrogens with one attached hydrogen (secondary N) is 1. The van der Waals surface area contributed by atoms with E-state index < -0.39 is 0 Å². The summed E-state index contributed by atoms with van der Waals surface area (Å²) in [5, 5.41) is 3.82. The van der Waals surface area contributed by atoms with Crippen LogP contribution in [0.1, 0.15) is 31.9 Å². The first-order valence-electron chi connectivity index (χ1n) is 6.89. The lowest BCUT2D eigenvalue weighted by atomic mass is 10.1. The van der Waals surface area contributed by atoms with Crippen LogP contribution >= 0.6 is 11.6 Å². The van der Waals surface area contributed by atoms with Crippen LogP contribution in [0.2, 0.25) is 5.02 Å². The number of hydrogen-bond donors (Lipinski definition) is 1. The molecular formula is C16H18ClFN2O. The Labute approximate surface area is 129 Å². The molecule has 2 rings (SSSR count). The first kappa shape index (κ1) is 15.6. The van der Waals surface area contributed by atoms with Crippen LogP contribution in [-0.4, -0.2) is 11.6 Å². The molecule has 1 N–H and O–H groups in total. The maximum atomic E-state index is 13.2. The molecule has 0 saturated heterocycles. The van der Waals surface area contributed by atoms with Crippen LogP contribution in [0, 0.1) is 5.82 Å². The molecular weight excluding hydrogens is 291 g/mol. The van der Waals surface area contributed by atoms with Crippen LogP contribution in [0.3, 0.4) is 0 Å². The van der Waals surface area contributed by atoms with Gasteiger partial charge in [-0.3, -0.25) is 4.98 Å². The Morgan fingerprint density at radius 3 is 2.81 bits per heavy atom. The van der Waals surface area contributed by atoms with Gasteiger partial charge < -0.3 is 10.1 Å². The molecule has 3 nitrogen and oxygen atoms in total. The molecule has 0 saturated carbocycles. The number of benzene rings is 1. The number of pyridine rings is 1. The number of aromatic nitrogens is 1. The monoisotopic (exact) mass is 308 g/mol. The van der Waals surface area contributed by atoms with Crippen molar-refractivity contribution in [2.24, 2.45) is 0 Å². The highest BCUT2D eigenvalue weighted by atomic mass is 35.5. The van der Waals surface area contributed by atoms with Crippen molar-refractivity contribution in [2.75, 3.05) is 11.9 Å². The largest absolute Gasteiger partial charge is 0.492 e. The summed E-state index contributed by atoms with van der Waals surface area (Å²) in [5.41, 5.74) is 1.62. The lowest BCUT2D eigenvalue weighted by Gasteiger charge is -2.16. The lowest BCUT2D eigenvalue weighted by molar-refractivity contribution is 0.317. The fourth-order valence-corrected chi connectivity index (χ4v) is 2.15. The van der Waals surface area contributed by atoms with E-state index in [0.717, 1.165) is 17.7 Å². The summed E-state index contributed by atoms with van der Waals surface area (Å²) < 4.78 is 18.7. The Morgan fingerprint density at radius 2 is 2.14 bits per heavy atom. The zero-order valence-electron chi connectivity index (χ0n) is 12.1. The molecule has 2 aromatic rings. The highest BCUT2D eigenvalue weighted by molar-refractivity contribution is 6.32. The van der Waals surface area contributed by atoms with E-state index >= 15 is 0 Å². The van der Waals surface area contributed by atoms with Gasteiger partial charge in [0.2, 0.25) is 0 Å². The summed E-state index contributed by atoms with van der Waals surface area (Å²) in [6.45, 7) is 4.61. The molecule has 0 bridgehead atoms. The van der Waals surface area contributed by atoms with E-state index in [0.29, 0.717) is 17.4 Å². The first-order chi connectivity index (χ1) is 10.1. The molecule has 0 aliphatic rings. The first-order valence-corrected chi connectivity index (χ1v) is 7.27. The van der Waals surface area contributed by atoms with Gasteiger partial charge in [0.1, 0.15) is 11.6 Å². The molecule has 0 aliphatic carbocycles. The van der Waals surface area contributed by atoms with Crippen molar-refractivity contribution < 1.29 is 9.13 Å². The smallest absolute Gasteiger partial charge is 0.141 e. The molecule has 1 aromatic carbocycles. The van der Waals surface area contributed by atoms with Crippen molar-refractivity contribution in [1.82, 2.24) is 4.98 Å². The quantitative estimate of drug-likeness (QED) is 0.829. The number of anilines is 1. The fraction of sp³-hybridized carbons (Fsp3) is 0.312. The number of ether oxygens (including phenoxy) is 1. The Balaban J connectivity index is 2.07. The predicted octanol–water partition coefficient (Wildman–Crippen LogP) is 4.84. The maximum absolute atomic E-state index is 13.2. The van der Waals surface area contributed by atoms with Crippen LogP contribution in [0.5, 0.6) is 5.75 Å². The van der Waals surface area contributed by atoms with Crippen LogP contribution in [0.4, 0.5) is 10.1 Å². The number of nitrogens with zero attached hydrogens (tertiary/aromatic N) is 1. The summed E-state index contributed by atoms with van der Waals surface area (Å²) in [6, 6.07) is 6.91. The summed E-state index contributed by atoms with van der Waals surface area (Å²) >= 11 is 6.18. The Hall–Kier alpha value is -1.81. The van der Waals surface area contributed by atoms with Gasteiger partial charge in [0, 0.05) is 11.9 Å². The second kappa shape index (κ2) is 7.27. The number of rotatable bonds is 6. The van der Waals surface area contributed by atoms with Crippen molar-refractivity contribution in [3.05, 3.63) is 53.1 Å². The van der Waals surface area contributed by atoms with E-state index in [2.05, 4.69) is 10.3 Å². The molecule has 21 heavy (non-hydrogen) atoms. The van der Waals surface area contributed by atoms with E-state index in [-0.39, 0.29) is 11.9 Å². The van der Waals surface area contributed by atoms with Gasteiger partial charge in [-0.2, -0.15) is 0 Å². The predicted molar refractivity (Wildman–Crippen MR) is 83.5 cm³/mol. The van der Waals surface area contributed by atoms with Gasteiger partial charge in [0.05, 0.1) is 23.9 Å². The summed E-state index contributed by atoms with van der Waals surface area (Å²) in [6.07, 6.45) is 3.76. The van der Waals surface area contributed by atoms with Gasteiger partial charge in [-0.25, -0.2) is 4.39 Å². The van der Waals surface area contributed by atoms with Gasteiger partial charge in [0.25, 0.3) is 0 Å². The third-order valence-corrected chi connectivity index (χ3v) is 3.30. The Bertz CT molecular complexity index is 607. The molecule has 112 valence electrons. The van der Waals surface area contributed by atoms with Crippen molar-refractivity contribution in [3.8, 4) is 5.75 Å². The highest BCUT2D eigenvalue weighted by Crippen LogP contribution is 2.29. The molecule has 0 amide bonds. The zero-order chi connectivity index (χ0) is 15.2. The van der Waals surface area contributed by atoms with Crippen molar-refractivity contribution in [1.29, 1.82) is 0 Å². The molecule has 0 aliphatic heterocycles. The van der Waals surface area contributed by atoms with Crippen LogP contribution in [0.25, 0.3) is 0 Å².